The molecule has 0 spiro atoms. The minimum atomic E-state index is -0.937. The zero-order valence-electron chi connectivity index (χ0n) is 8.35. The van der Waals surface area contributed by atoms with E-state index in [1.54, 1.807) is 11.4 Å². The molecule has 0 aromatic carbocycles. The largest absolute Gasteiger partial charge is 0.480 e. The van der Waals surface area contributed by atoms with E-state index < -0.39 is 12.0 Å². The van der Waals surface area contributed by atoms with Crippen LogP contribution in [0.4, 0.5) is 0 Å². The molecule has 1 aromatic heterocycles. The average Bonchev–Trinajstić information content (AvgIpc) is 2.84. The van der Waals surface area contributed by atoms with Crippen LogP contribution in [0.1, 0.15) is 22.5 Å². The number of carboxylic acids is 1. The lowest BCUT2D eigenvalue weighted by molar-refractivity contribution is -0.141. The lowest BCUT2D eigenvalue weighted by Gasteiger charge is -2.20. The highest BCUT2D eigenvalue weighted by Gasteiger charge is 2.34. The van der Waals surface area contributed by atoms with Crippen molar-refractivity contribution >= 4 is 34.8 Å². The predicted molar refractivity (Wildman–Crippen MR) is 61.0 cm³/mol. The van der Waals surface area contributed by atoms with Gasteiger partial charge in [0.15, 0.2) is 0 Å². The summed E-state index contributed by atoms with van der Waals surface area (Å²) < 4.78 is 0. The molecule has 0 radical (unpaired) electrons. The van der Waals surface area contributed by atoms with Gasteiger partial charge in [-0.25, -0.2) is 4.79 Å². The van der Waals surface area contributed by atoms with E-state index in [9.17, 15) is 9.59 Å². The monoisotopic (exact) mass is 259 g/mol. The van der Waals surface area contributed by atoms with Crippen LogP contribution in [-0.2, 0) is 4.79 Å². The second-order valence-corrected chi connectivity index (χ2v) is 4.97. The van der Waals surface area contributed by atoms with E-state index in [1.165, 1.54) is 16.2 Å². The van der Waals surface area contributed by atoms with E-state index in [1.807, 2.05) is 0 Å². The first-order valence-corrected chi connectivity index (χ1v) is 6.13. The van der Waals surface area contributed by atoms with E-state index in [-0.39, 0.29) is 5.91 Å². The number of carboxylic acid groups (broad SMARTS) is 1. The lowest BCUT2D eigenvalue weighted by atomic mass is 10.2. The van der Waals surface area contributed by atoms with E-state index in [4.69, 9.17) is 16.7 Å². The van der Waals surface area contributed by atoms with Crippen molar-refractivity contribution in [3.63, 3.8) is 0 Å². The molecule has 1 amide bonds. The highest BCUT2D eigenvalue weighted by Crippen LogP contribution is 2.25. The average molecular weight is 260 g/mol. The first-order valence-electron chi connectivity index (χ1n) is 4.87. The van der Waals surface area contributed by atoms with E-state index in [0.29, 0.717) is 22.9 Å². The number of halogens is 1. The lowest BCUT2D eigenvalue weighted by Crippen LogP contribution is -2.40. The van der Waals surface area contributed by atoms with E-state index in [2.05, 4.69) is 0 Å². The summed E-state index contributed by atoms with van der Waals surface area (Å²) in [5, 5.41) is 11.1. The number of carbonyl (C=O) groups excluding carboxylic acids is 1. The fraction of sp³-hybridized carbons (Fsp3) is 0.400. The normalized spacial score (nSPS) is 20.1. The van der Waals surface area contributed by atoms with Crippen LogP contribution in [0.3, 0.4) is 0 Å². The summed E-state index contributed by atoms with van der Waals surface area (Å²) in [6.45, 7) is 0.505. The summed E-state index contributed by atoms with van der Waals surface area (Å²) in [4.78, 5) is 24.8. The van der Waals surface area contributed by atoms with Crippen molar-refractivity contribution in [2.75, 3.05) is 6.54 Å². The maximum absolute atomic E-state index is 12.0. The molecule has 2 rings (SSSR count). The molecule has 1 saturated heterocycles. The SMILES string of the molecule is O=C(O)[C@@H]1CCCN1C(=O)c1cc(Cl)cs1. The van der Waals surface area contributed by atoms with Crippen molar-refractivity contribution in [1.82, 2.24) is 4.90 Å². The molecule has 6 heteroatoms. The van der Waals surface area contributed by atoms with Gasteiger partial charge >= 0.3 is 5.97 Å². The third-order valence-electron chi connectivity index (χ3n) is 2.58. The molecule has 2 heterocycles. The highest BCUT2D eigenvalue weighted by atomic mass is 35.5. The van der Waals surface area contributed by atoms with Gasteiger partial charge < -0.3 is 10.0 Å². The van der Waals surface area contributed by atoms with E-state index >= 15 is 0 Å². The van der Waals surface area contributed by atoms with Gasteiger partial charge in [0.05, 0.1) is 9.90 Å². The van der Waals surface area contributed by atoms with Gasteiger partial charge in [-0.1, -0.05) is 11.6 Å². The molecule has 4 nitrogen and oxygen atoms in total. The van der Waals surface area contributed by atoms with Crippen molar-refractivity contribution in [2.45, 2.75) is 18.9 Å². The Morgan fingerprint density at radius 3 is 2.88 bits per heavy atom. The molecular formula is C10H10ClNO3S. The smallest absolute Gasteiger partial charge is 0.326 e. The van der Waals surface area contributed by atoms with Crippen molar-refractivity contribution in [3.05, 3.63) is 21.3 Å². The van der Waals surface area contributed by atoms with Crippen LogP contribution in [-0.4, -0.2) is 34.5 Å². The molecule has 16 heavy (non-hydrogen) atoms. The van der Waals surface area contributed by atoms with Gasteiger partial charge in [-0.3, -0.25) is 4.79 Å². The number of nitrogens with zero attached hydrogens (tertiary/aromatic N) is 1. The van der Waals surface area contributed by atoms with Gasteiger partial charge in [-0.05, 0) is 18.9 Å². The molecule has 1 atom stereocenters. The molecule has 0 saturated carbocycles. The predicted octanol–water partition coefficient (Wildman–Crippen LogP) is 2.09. The number of hydrogen-bond acceptors (Lipinski definition) is 3. The minimum absolute atomic E-state index is 0.234. The van der Waals surface area contributed by atoms with Crippen LogP contribution >= 0.6 is 22.9 Å². The fourth-order valence-corrected chi connectivity index (χ4v) is 2.86. The van der Waals surface area contributed by atoms with Crippen LogP contribution in [0.5, 0.6) is 0 Å². The van der Waals surface area contributed by atoms with Crippen LogP contribution in [0.2, 0.25) is 5.02 Å². The van der Waals surface area contributed by atoms with Crippen LogP contribution in [0, 0.1) is 0 Å². The maximum atomic E-state index is 12.0. The van der Waals surface area contributed by atoms with Crippen molar-refractivity contribution in [2.24, 2.45) is 0 Å². The number of amides is 1. The summed E-state index contributed by atoms with van der Waals surface area (Å²) >= 11 is 6.98. The van der Waals surface area contributed by atoms with Crippen LogP contribution in [0.15, 0.2) is 11.4 Å². The quantitative estimate of drug-likeness (QED) is 0.885. The van der Waals surface area contributed by atoms with Gasteiger partial charge in [-0.2, -0.15) is 0 Å². The summed E-state index contributed by atoms with van der Waals surface area (Å²) in [6, 6.07) is 0.888. The summed E-state index contributed by atoms with van der Waals surface area (Å²) in [5.74, 6) is -1.17. The van der Waals surface area contributed by atoms with Gasteiger partial charge in [0, 0.05) is 11.9 Å². The second-order valence-electron chi connectivity index (χ2n) is 3.62. The van der Waals surface area contributed by atoms with Gasteiger partial charge in [-0.15, -0.1) is 11.3 Å². The Morgan fingerprint density at radius 1 is 1.56 bits per heavy atom. The highest BCUT2D eigenvalue weighted by molar-refractivity contribution is 7.12. The number of rotatable bonds is 2. The van der Waals surface area contributed by atoms with Gasteiger partial charge in [0.25, 0.3) is 5.91 Å². The van der Waals surface area contributed by atoms with Crippen LogP contribution in [0.25, 0.3) is 0 Å². The molecule has 1 aromatic rings. The topological polar surface area (TPSA) is 57.6 Å². The second kappa shape index (κ2) is 4.43. The third kappa shape index (κ3) is 2.05. The molecule has 86 valence electrons. The number of carbonyl (C=O) groups is 2. The first kappa shape index (κ1) is 11.4. The standard InChI is InChI=1S/C10H10ClNO3S/c11-6-4-8(16-5-6)9(13)12-3-1-2-7(12)10(14)15/h4-5,7H,1-3H2,(H,14,15)/t7-/m0/s1. The number of aliphatic carboxylic acids is 1. The van der Waals surface area contributed by atoms with Gasteiger partial charge in [0.2, 0.25) is 0 Å². The van der Waals surface area contributed by atoms with Crippen molar-refractivity contribution < 1.29 is 14.7 Å². The first-order chi connectivity index (χ1) is 7.59. The van der Waals surface area contributed by atoms with Gasteiger partial charge in [0.1, 0.15) is 6.04 Å². The molecule has 0 aliphatic carbocycles. The van der Waals surface area contributed by atoms with Crippen molar-refractivity contribution in [1.29, 1.82) is 0 Å². The Labute approximate surface area is 101 Å². The number of hydrogen-bond donors (Lipinski definition) is 1. The molecule has 0 unspecified atom stereocenters. The Balaban J connectivity index is 2.18. The number of thiophene rings is 1. The fourth-order valence-electron chi connectivity index (χ4n) is 1.83. The van der Waals surface area contributed by atoms with E-state index in [0.717, 1.165) is 6.42 Å². The Hall–Kier alpha value is -1.07. The molecule has 1 aliphatic rings. The van der Waals surface area contributed by atoms with Crippen molar-refractivity contribution in [3.8, 4) is 0 Å². The molecule has 1 N–H and O–H groups in total. The Morgan fingerprint density at radius 2 is 2.31 bits per heavy atom. The summed E-state index contributed by atoms with van der Waals surface area (Å²) in [7, 11) is 0. The molecule has 1 fully saturated rings. The number of likely N-dealkylation sites (tertiary alicyclic amines) is 1. The summed E-state index contributed by atoms with van der Waals surface area (Å²) in [6.07, 6.45) is 1.27. The Bertz CT molecular complexity index is 431. The Kier molecular flexibility index (Phi) is 3.16. The zero-order chi connectivity index (χ0) is 11.7. The maximum Gasteiger partial charge on any atom is 0.326 e. The molecule has 0 bridgehead atoms. The zero-order valence-corrected chi connectivity index (χ0v) is 9.92. The molecule has 1 aliphatic heterocycles. The molecular weight excluding hydrogens is 250 g/mol. The summed E-state index contributed by atoms with van der Waals surface area (Å²) in [5.41, 5.74) is 0. The third-order valence-corrected chi connectivity index (χ3v) is 3.84. The minimum Gasteiger partial charge on any atom is -0.480 e. The van der Waals surface area contributed by atoms with Crippen LogP contribution < -0.4 is 0 Å².